The highest BCUT2D eigenvalue weighted by Crippen LogP contribution is 2.37. The van der Waals surface area contributed by atoms with Crippen LogP contribution < -0.4 is 10.2 Å². The van der Waals surface area contributed by atoms with Crippen LogP contribution in [0.1, 0.15) is 33.5 Å². The summed E-state index contributed by atoms with van der Waals surface area (Å²) in [5, 5.41) is 4.11. The van der Waals surface area contributed by atoms with Crippen molar-refractivity contribution in [2.45, 2.75) is 25.6 Å². The number of Topliss-reactive ketones (excluding diaryl/α,β-unsaturated/α-hetero) is 1. The highest BCUT2D eigenvalue weighted by molar-refractivity contribution is 6.30. The molecule has 0 spiro atoms. The molecule has 4 nitrogen and oxygen atoms in total. The van der Waals surface area contributed by atoms with Gasteiger partial charge in [-0.2, -0.15) is 13.2 Å². The number of pyridine rings is 1. The number of aryl methyl sites for hydroxylation is 1. The third-order valence-corrected chi connectivity index (χ3v) is 7.18. The number of ketones is 1. The molecule has 0 atom stereocenters. The summed E-state index contributed by atoms with van der Waals surface area (Å²) in [6, 6.07) is 20.3. The Morgan fingerprint density at radius 2 is 1.72 bits per heavy atom. The minimum Gasteiger partial charge on any atom is -0.367 e. The summed E-state index contributed by atoms with van der Waals surface area (Å²) < 4.78 is 41.0. The third-order valence-electron chi connectivity index (χ3n) is 6.69. The van der Waals surface area contributed by atoms with E-state index in [9.17, 15) is 18.0 Å². The smallest absolute Gasteiger partial charge is 0.367 e. The van der Waals surface area contributed by atoms with Crippen LogP contribution in [0.5, 0.6) is 0 Å². The van der Waals surface area contributed by atoms with Crippen molar-refractivity contribution in [3.63, 3.8) is 0 Å². The molecule has 5 rings (SSSR count). The summed E-state index contributed by atoms with van der Waals surface area (Å²) in [5.74, 6) is 0.609. The van der Waals surface area contributed by atoms with Gasteiger partial charge in [-0.1, -0.05) is 53.5 Å². The molecule has 0 aliphatic carbocycles. The average Bonchev–Trinajstić information content (AvgIpc) is 2.92. The van der Waals surface area contributed by atoms with Crippen LogP contribution in [0, 0.1) is 0 Å². The zero-order valence-electron chi connectivity index (χ0n) is 20.7. The number of nitrogens with zero attached hydrogens (tertiary/aromatic N) is 2. The number of fused-ring (bicyclic) bond motifs is 1. The zero-order valence-corrected chi connectivity index (χ0v) is 22.2. The van der Waals surface area contributed by atoms with Gasteiger partial charge in [-0.15, -0.1) is 0 Å². The fraction of sp³-hybridized carbons (Fsp3) is 0.200. The quantitative estimate of drug-likeness (QED) is 0.227. The molecule has 0 saturated carbocycles. The van der Waals surface area contributed by atoms with Gasteiger partial charge in [0.05, 0.1) is 11.3 Å². The summed E-state index contributed by atoms with van der Waals surface area (Å²) in [4.78, 5) is 19.3. The van der Waals surface area contributed by atoms with E-state index in [4.69, 9.17) is 23.2 Å². The molecule has 0 amide bonds. The first-order chi connectivity index (χ1) is 18.7. The minimum absolute atomic E-state index is 0.0154. The van der Waals surface area contributed by atoms with Gasteiger partial charge < -0.3 is 10.2 Å². The number of benzene rings is 3. The van der Waals surface area contributed by atoms with E-state index in [0.29, 0.717) is 48.0 Å². The van der Waals surface area contributed by atoms with Crippen molar-refractivity contribution in [3.8, 4) is 11.1 Å². The number of alkyl halides is 3. The van der Waals surface area contributed by atoms with Gasteiger partial charge in [-0.05, 0) is 65.6 Å². The van der Waals surface area contributed by atoms with E-state index in [0.717, 1.165) is 22.8 Å². The van der Waals surface area contributed by atoms with Crippen LogP contribution in [-0.4, -0.2) is 23.9 Å². The Balaban J connectivity index is 1.39. The Morgan fingerprint density at radius 3 is 2.49 bits per heavy atom. The first-order valence-electron chi connectivity index (χ1n) is 12.4. The van der Waals surface area contributed by atoms with Crippen molar-refractivity contribution >= 4 is 40.5 Å². The number of rotatable bonds is 7. The normalized spacial score (nSPS) is 13.1. The molecule has 1 N–H and O–H groups in total. The second kappa shape index (κ2) is 11.3. The molecule has 0 saturated heterocycles. The number of carbonyl (C=O) groups is 1. The molecule has 0 unspecified atom stereocenters. The zero-order chi connectivity index (χ0) is 27.6. The molecule has 1 aliphatic rings. The standard InChI is InChI=1S/C30H24Cl2F3N3O/c31-24-7-4-19(5-8-24)6-11-28(39)21-3-1-2-20(14-21)22-16-27-29(37-17-22)36-12-13-38(27)18-23-15-25(32)9-10-26(23)30(33,34)35/h1-5,7-10,14-17H,6,11-13,18H2,(H,36,37). The maximum atomic E-state index is 13.7. The maximum Gasteiger partial charge on any atom is 0.416 e. The molecule has 3 aromatic carbocycles. The van der Waals surface area contributed by atoms with Crippen molar-refractivity contribution in [1.29, 1.82) is 0 Å². The molecule has 4 aromatic rings. The lowest BCUT2D eigenvalue weighted by molar-refractivity contribution is -0.138. The Bertz CT molecular complexity index is 1510. The largest absolute Gasteiger partial charge is 0.416 e. The predicted molar refractivity (Wildman–Crippen MR) is 150 cm³/mol. The molecule has 1 aromatic heterocycles. The average molecular weight is 570 g/mol. The number of anilines is 2. The third kappa shape index (κ3) is 6.37. The van der Waals surface area contributed by atoms with Crippen molar-refractivity contribution in [2.24, 2.45) is 0 Å². The lowest BCUT2D eigenvalue weighted by Crippen LogP contribution is -2.34. The first-order valence-corrected chi connectivity index (χ1v) is 13.2. The SMILES string of the molecule is O=C(CCc1ccc(Cl)cc1)c1cccc(-c2cnc3c(c2)N(Cc2cc(Cl)ccc2C(F)(F)F)CCN3)c1. The van der Waals surface area contributed by atoms with Gasteiger partial charge in [0.1, 0.15) is 5.82 Å². The summed E-state index contributed by atoms with van der Waals surface area (Å²) in [5.41, 5.74) is 3.25. The second-order valence-electron chi connectivity index (χ2n) is 9.37. The van der Waals surface area contributed by atoms with E-state index in [1.165, 1.54) is 12.1 Å². The van der Waals surface area contributed by atoms with Crippen LogP contribution in [0.25, 0.3) is 11.1 Å². The first kappa shape index (κ1) is 27.0. The number of carbonyl (C=O) groups excluding carboxylic acids is 1. The van der Waals surface area contributed by atoms with Crippen LogP contribution in [0.3, 0.4) is 0 Å². The topological polar surface area (TPSA) is 45.2 Å². The van der Waals surface area contributed by atoms with E-state index in [1.54, 1.807) is 24.4 Å². The van der Waals surface area contributed by atoms with Gasteiger partial charge in [-0.25, -0.2) is 4.98 Å². The molecular weight excluding hydrogens is 546 g/mol. The van der Waals surface area contributed by atoms with E-state index >= 15 is 0 Å². The molecule has 1 aliphatic heterocycles. The van der Waals surface area contributed by atoms with Gasteiger partial charge in [0.25, 0.3) is 0 Å². The van der Waals surface area contributed by atoms with Crippen molar-refractivity contribution in [2.75, 3.05) is 23.3 Å². The van der Waals surface area contributed by atoms with Crippen LogP contribution in [0.2, 0.25) is 10.0 Å². The Kier molecular flexibility index (Phi) is 7.82. The van der Waals surface area contributed by atoms with E-state index < -0.39 is 11.7 Å². The molecule has 0 radical (unpaired) electrons. The van der Waals surface area contributed by atoms with Crippen molar-refractivity contribution in [3.05, 3.63) is 111 Å². The van der Waals surface area contributed by atoms with Gasteiger partial charge in [0.15, 0.2) is 5.78 Å². The van der Waals surface area contributed by atoms with E-state index in [2.05, 4.69) is 10.3 Å². The molecular formula is C30H24Cl2F3N3O. The Morgan fingerprint density at radius 1 is 0.949 bits per heavy atom. The number of nitrogens with one attached hydrogen (secondary N) is 1. The van der Waals surface area contributed by atoms with Crippen LogP contribution in [0.15, 0.2) is 79.0 Å². The van der Waals surface area contributed by atoms with Crippen LogP contribution >= 0.6 is 23.2 Å². The Labute approximate surface area is 234 Å². The fourth-order valence-corrected chi connectivity index (χ4v) is 5.00. The van der Waals surface area contributed by atoms with Crippen molar-refractivity contribution in [1.82, 2.24) is 4.98 Å². The summed E-state index contributed by atoms with van der Waals surface area (Å²) in [7, 11) is 0. The highest BCUT2D eigenvalue weighted by Gasteiger charge is 2.34. The van der Waals surface area contributed by atoms with Gasteiger partial charge >= 0.3 is 6.18 Å². The minimum atomic E-state index is -4.49. The summed E-state index contributed by atoms with van der Waals surface area (Å²) in [6.45, 7) is 1.06. The number of halogens is 5. The molecule has 39 heavy (non-hydrogen) atoms. The number of hydrogen-bond acceptors (Lipinski definition) is 4. The predicted octanol–water partition coefficient (Wildman–Crippen LogP) is 8.32. The summed E-state index contributed by atoms with van der Waals surface area (Å²) >= 11 is 12.0. The lowest BCUT2D eigenvalue weighted by Gasteiger charge is -2.32. The number of aromatic nitrogens is 1. The lowest BCUT2D eigenvalue weighted by atomic mass is 9.98. The molecule has 200 valence electrons. The van der Waals surface area contributed by atoms with E-state index in [-0.39, 0.29) is 22.9 Å². The van der Waals surface area contributed by atoms with Gasteiger partial charge in [0.2, 0.25) is 0 Å². The molecule has 9 heteroatoms. The van der Waals surface area contributed by atoms with Gasteiger partial charge in [-0.3, -0.25) is 4.79 Å². The number of hydrogen-bond donors (Lipinski definition) is 1. The Hall–Kier alpha value is -3.55. The van der Waals surface area contributed by atoms with Crippen molar-refractivity contribution < 1.29 is 18.0 Å². The van der Waals surface area contributed by atoms with E-state index in [1.807, 2.05) is 41.3 Å². The fourth-order valence-electron chi connectivity index (χ4n) is 4.68. The highest BCUT2D eigenvalue weighted by atomic mass is 35.5. The molecule has 0 bridgehead atoms. The van der Waals surface area contributed by atoms with Crippen LogP contribution in [-0.2, 0) is 19.1 Å². The molecule has 2 heterocycles. The summed E-state index contributed by atoms with van der Waals surface area (Å²) in [6.07, 6.45) is -1.83. The monoisotopic (exact) mass is 569 g/mol. The van der Waals surface area contributed by atoms with Crippen LogP contribution in [0.4, 0.5) is 24.7 Å². The molecule has 0 fully saturated rings. The maximum absolute atomic E-state index is 13.7. The van der Waals surface area contributed by atoms with Gasteiger partial charge in [0, 0.05) is 53.4 Å². The second-order valence-corrected chi connectivity index (χ2v) is 10.2.